The summed E-state index contributed by atoms with van der Waals surface area (Å²) in [5, 5.41) is 3.42. The molecule has 3 heterocycles. The summed E-state index contributed by atoms with van der Waals surface area (Å²) in [6.45, 7) is 0.779. The van der Waals surface area contributed by atoms with E-state index in [1.165, 1.54) is 11.3 Å². The number of pyridine rings is 1. The standard InChI is InChI=1S/C16H12N4OS/c21-14(11-4-1-3-10-6-8-17-9-12(10)11)20-16-19-13-5-2-7-18-15(13)22-16/h1-5,7,9H,6,8H2,(H,19,20,21). The molecule has 1 aliphatic rings. The molecular weight excluding hydrogens is 296 g/mol. The molecule has 0 spiro atoms. The summed E-state index contributed by atoms with van der Waals surface area (Å²) in [4.78, 5) is 26.2. The molecule has 5 nitrogen and oxygen atoms in total. The van der Waals surface area contributed by atoms with Crippen molar-refractivity contribution in [1.82, 2.24) is 9.97 Å². The summed E-state index contributed by atoms with van der Waals surface area (Å²) in [6.07, 6.45) is 4.38. The third-order valence-electron chi connectivity index (χ3n) is 3.56. The van der Waals surface area contributed by atoms with Crippen LogP contribution in [0.15, 0.2) is 41.5 Å². The molecule has 1 aromatic carbocycles. The number of carbonyl (C=O) groups excluding carboxylic acids is 1. The van der Waals surface area contributed by atoms with E-state index in [0.29, 0.717) is 10.7 Å². The molecule has 108 valence electrons. The monoisotopic (exact) mass is 308 g/mol. The van der Waals surface area contributed by atoms with Crippen LogP contribution in [0.4, 0.5) is 5.13 Å². The number of fused-ring (bicyclic) bond motifs is 2. The number of amides is 1. The number of nitrogens with zero attached hydrogens (tertiary/aromatic N) is 3. The van der Waals surface area contributed by atoms with Gasteiger partial charge in [0.1, 0.15) is 10.3 Å². The number of hydrogen-bond donors (Lipinski definition) is 1. The fraction of sp³-hybridized carbons (Fsp3) is 0.125. The Morgan fingerprint density at radius 2 is 2.18 bits per heavy atom. The highest BCUT2D eigenvalue weighted by atomic mass is 32.1. The molecule has 0 saturated carbocycles. The first-order valence-electron chi connectivity index (χ1n) is 6.96. The van der Waals surface area contributed by atoms with Crippen LogP contribution in [0.25, 0.3) is 10.3 Å². The van der Waals surface area contributed by atoms with Gasteiger partial charge in [0.15, 0.2) is 5.13 Å². The van der Waals surface area contributed by atoms with Crippen LogP contribution in [0.2, 0.25) is 0 Å². The molecule has 0 bridgehead atoms. The van der Waals surface area contributed by atoms with E-state index in [9.17, 15) is 4.79 Å². The molecule has 4 rings (SSSR count). The highest BCUT2D eigenvalue weighted by Gasteiger charge is 2.17. The summed E-state index contributed by atoms with van der Waals surface area (Å²) < 4.78 is 0. The Hall–Kier alpha value is -2.60. The molecule has 0 unspecified atom stereocenters. The maximum absolute atomic E-state index is 12.5. The van der Waals surface area contributed by atoms with Crippen LogP contribution in [0, 0.1) is 0 Å². The average molecular weight is 308 g/mol. The molecule has 0 fully saturated rings. The SMILES string of the molecule is O=C(Nc1nc2cccnc2s1)c1cccc2c1C=NCC2. The van der Waals surface area contributed by atoms with E-state index in [1.54, 1.807) is 12.4 Å². The smallest absolute Gasteiger partial charge is 0.258 e. The molecular formula is C16H12N4OS. The van der Waals surface area contributed by atoms with Gasteiger partial charge in [0.25, 0.3) is 5.91 Å². The van der Waals surface area contributed by atoms with Gasteiger partial charge in [-0.25, -0.2) is 9.97 Å². The fourth-order valence-electron chi connectivity index (χ4n) is 2.51. The molecule has 6 heteroatoms. The van der Waals surface area contributed by atoms with Crippen molar-refractivity contribution in [3.8, 4) is 0 Å². The number of carbonyl (C=O) groups is 1. The largest absolute Gasteiger partial charge is 0.298 e. The van der Waals surface area contributed by atoms with Crippen LogP contribution in [0.1, 0.15) is 21.5 Å². The Morgan fingerprint density at radius 3 is 3.09 bits per heavy atom. The van der Waals surface area contributed by atoms with Gasteiger partial charge in [0.05, 0.1) is 0 Å². The van der Waals surface area contributed by atoms with Gasteiger partial charge in [-0.3, -0.25) is 15.1 Å². The molecule has 0 saturated heterocycles. The van der Waals surface area contributed by atoms with Crippen LogP contribution in [0.5, 0.6) is 0 Å². The van der Waals surface area contributed by atoms with Gasteiger partial charge >= 0.3 is 0 Å². The van der Waals surface area contributed by atoms with Gasteiger partial charge in [-0.05, 0) is 30.2 Å². The lowest BCUT2D eigenvalue weighted by Gasteiger charge is -2.13. The van der Waals surface area contributed by atoms with Gasteiger partial charge in [0, 0.05) is 30.1 Å². The number of thiazole rings is 1. The van der Waals surface area contributed by atoms with Gasteiger partial charge in [0.2, 0.25) is 0 Å². The molecule has 22 heavy (non-hydrogen) atoms. The van der Waals surface area contributed by atoms with Crippen molar-refractivity contribution < 1.29 is 4.79 Å². The number of benzene rings is 1. The lowest BCUT2D eigenvalue weighted by Crippen LogP contribution is -2.16. The zero-order valence-electron chi connectivity index (χ0n) is 11.6. The van der Waals surface area contributed by atoms with E-state index in [2.05, 4.69) is 20.3 Å². The average Bonchev–Trinajstić information content (AvgIpc) is 2.96. The molecule has 1 amide bonds. The van der Waals surface area contributed by atoms with E-state index in [1.807, 2.05) is 30.3 Å². The van der Waals surface area contributed by atoms with Crippen molar-refractivity contribution in [2.24, 2.45) is 4.99 Å². The zero-order chi connectivity index (χ0) is 14.9. The van der Waals surface area contributed by atoms with E-state index in [4.69, 9.17) is 0 Å². The number of aliphatic imine (C=N–C) groups is 1. The van der Waals surface area contributed by atoms with Crippen LogP contribution in [0.3, 0.4) is 0 Å². The fourth-order valence-corrected chi connectivity index (χ4v) is 3.31. The number of rotatable bonds is 2. The summed E-state index contributed by atoms with van der Waals surface area (Å²) in [5.41, 5.74) is 3.49. The Labute approximate surface area is 130 Å². The first-order chi connectivity index (χ1) is 10.8. The number of nitrogens with one attached hydrogen (secondary N) is 1. The minimum atomic E-state index is -0.163. The normalized spacial score (nSPS) is 13.1. The summed E-state index contributed by atoms with van der Waals surface area (Å²) in [5.74, 6) is -0.163. The maximum Gasteiger partial charge on any atom is 0.258 e. The molecule has 1 aliphatic heterocycles. The number of anilines is 1. The van der Waals surface area contributed by atoms with Crippen molar-refractivity contribution in [2.45, 2.75) is 6.42 Å². The van der Waals surface area contributed by atoms with E-state index in [-0.39, 0.29) is 5.91 Å². The third kappa shape index (κ3) is 2.27. The third-order valence-corrected chi connectivity index (χ3v) is 4.45. The zero-order valence-corrected chi connectivity index (χ0v) is 12.4. The topological polar surface area (TPSA) is 67.2 Å². The second kappa shape index (κ2) is 5.31. The summed E-state index contributed by atoms with van der Waals surface area (Å²) >= 11 is 1.37. The van der Waals surface area contributed by atoms with Gasteiger partial charge in [-0.15, -0.1) is 0 Å². The lowest BCUT2D eigenvalue weighted by molar-refractivity contribution is 0.102. The Balaban J connectivity index is 1.67. The van der Waals surface area contributed by atoms with Crippen molar-refractivity contribution in [1.29, 1.82) is 0 Å². The van der Waals surface area contributed by atoms with Crippen LogP contribution in [-0.2, 0) is 6.42 Å². The molecule has 1 N–H and O–H groups in total. The van der Waals surface area contributed by atoms with E-state index < -0.39 is 0 Å². The molecule has 2 aromatic heterocycles. The van der Waals surface area contributed by atoms with Gasteiger partial charge in [-0.2, -0.15) is 0 Å². The van der Waals surface area contributed by atoms with Crippen LogP contribution in [-0.4, -0.2) is 28.6 Å². The minimum absolute atomic E-state index is 0.163. The van der Waals surface area contributed by atoms with Crippen molar-refractivity contribution >= 4 is 38.9 Å². The Morgan fingerprint density at radius 1 is 1.23 bits per heavy atom. The van der Waals surface area contributed by atoms with Gasteiger partial charge in [-0.1, -0.05) is 23.5 Å². The van der Waals surface area contributed by atoms with Crippen LogP contribution >= 0.6 is 11.3 Å². The summed E-state index contributed by atoms with van der Waals surface area (Å²) in [7, 11) is 0. The van der Waals surface area contributed by atoms with E-state index in [0.717, 1.165) is 34.4 Å². The van der Waals surface area contributed by atoms with Crippen LogP contribution < -0.4 is 5.32 Å². The van der Waals surface area contributed by atoms with E-state index >= 15 is 0 Å². The highest BCUT2D eigenvalue weighted by molar-refractivity contribution is 7.21. The Kier molecular flexibility index (Phi) is 3.16. The van der Waals surface area contributed by atoms with Crippen molar-refractivity contribution in [3.05, 3.63) is 53.2 Å². The number of hydrogen-bond acceptors (Lipinski definition) is 5. The summed E-state index contributed by atoms with van der Waals surface area (Å²) in [6, 6.07) is 9.48. The quantitative estimate of drug-likeness (QED) is 0.791. The Bertz CT molecular complexity index is 867. The predicted molar refractivity (Wildman–Crippen MR) is 88.0 cm³/mol. The second-order valence-electron chi connectivity index (χ2n) is 4.96. The van der Waals surface area contributed by atoms with Gasteiger partial charge < -0.3 is 0 Å². The predicted octanol–water partition coefficient (Wildman–Crippen LogP) is 2.92. The lowest BCUT2D eigenvalue weighted by atomic mass is 9.97. The molecule has 0 aliphatic carbocycles. The minimum Gasteiger partial charge on any atom is -0.298 e. The van der Waals surface area contributed by atoms with Crippen molar-refractivity contribution in [3.63, 3.8) is 0 Å². The highest BCUT2D eigenvalue weighted by Crippen LogP contribution is 2.25. The second-order valence-corrected chi connectivity index (χ2v) is 5.94. The first-order valence-corrected chi connectivity index (χ1v) is 7.77. The first kappa shape index (κ1) is 13.1. The number of aromatic nitrogens is 2. The molecule has 0 atom stereocenters. The maximum atomic E-state index is 12.5. The molecule has 0 radical (unpaired) electrons. The molecule has 3 aromatic rings. The van der Waals surface area contributed by atoms with Crippen molar-refractivity contribution in [2.75, 3.05) is 11.9 Å².